The van der Waals surface area contributed by atoms with Crippen molar-refractivity contribution in [3.63, 3.8) is 0 Å². The summed E-state index contributed by atoms with van der Waals surface area (Å²) in [5, 5.41) is 3.91. The predicted molar refractivity (Wildman–Crippen MR) is 40.2 cm³/mol. The molecule has 0 amide bonds. The van der Waals surface area contributed by atoms with Crippen molar-refractivity contribution in [1.82, 2.24) is 10.1 Å². The molecule has 0 aromatic carbocycles. The van der Waals surface area contributed by atoms with Crippen LogP contribution in [0.1, 0.15) is 37.9 Å². The summed E-state index contributed by atoms with van der Waals surface area (Å²) >= 11 is 0. The summed E-state index contributed by atoms with van der Waals surface area (Å²) in [5.74, 6) is 3.02. The molecule has 1 aromatic rings. The van der Waals surface area contributed by atoms with Crippen molar-refractivity contribution in [3.8, 4) is 0 Å². The molecule has 0 N–H and O–H groups in total. The van der Waals surface area contributed by atoms with Crippen LogP contribution in [0.5, 0.6) is 0 Å². The Balaban J connectivity index is 2.13. The minimum atomic E-state index is 0.582. The Labute approximate surface area is 65.8 Å². The summed E-state index contributed by atoms with van der Waals surface area (Å²) in [4.78, 5) is 4.26. The maximum Gasteiger partial charge on any atom is 0.226 e. The van der Waals surface area contributed by atoms with Crippen molar-refractivity contribution in [1.29, 1.82) is 0 Å². The van der Waals surface area contributed by atoms with Crippen LogP contribution in [0.15, 0.2) is 4.52 Å². The second-order valence-corrected chi connectivity index (χ2v) is 3.22. The van der Waals surface area contributed by atoms with E-state index in [2.05, 4.69) is 17.1 Å². The SMILES string of the molecule is CCc1nc(C2CC2C)no1. The van der Waals surface area contributed by atoms with Crippen molar-refractivity contribution >= 4 is 0 Å². The van der Waals surface area contributed by atoms with Crippen molar-refractivity contribution in [2.75, 3.05) is 0 Å². The molecule has 1 saturated carbocycles. The van der Waals surface area contributed by atoms with Gasteiger partial charge in [-0.25, -0.2) is 0 Å². The molecule has 0 spiro atoms. The first-order valence-corrected chi connectivity index (χ1v) is 4.13. The van der Waals surface area contributed by atoms with Crippen LogP contribution in [-0.2, 0) is 6.42 Å². The van der Waals surface area contributed by atoms with Gasteiger partial charge in [-0.2, -0.15) is 4.98 Å². The lowest BCUT2D eigenvalue weighted by Gasteiger charge is -1.82. The Kier molecular flexibility index (Phi) is 1.44. The van der Waals surface area contributed by atoms with E-state index in [0.29, 0.717) is 5.92 Å². The molecule has 0 radical (unpaired) electrons. The average Bonchev–Trinajstić information content (AvgIpc) is 2.59. The molecule has 2 unspecified atom stereocenters. The molecule has 1 aromatic heterocycles. The molecule has 1 fully saturated rings. The fourth-order valence-corrected chi connectivity index (χ4v) is 1.24. The number of nitrogens with zero attached hydrogens (tertiary/aromatic N) is 2. The third kappa shape index (κ3) is 1.15. The Morgan fingerprint density at radius 2 is 2.36 bits per heavy atom. The van der Waals surface area contributed by atoms with Gasteiger partial charge in [-0.1, -0.05) is 19.0 Å². The van der Waals surface area contributed by atoms with Gasteiger partial charge in [-0.15, -0.1) is 0 Å². The van der Waals surface area contributed by atoms with Gasteiger partial charge in [0.25, 0.3) is 0 Å². The first-order valence-electron chi connectivity index (χ1n) is 4.13. The van der Waals surface area contributed by atoms with E-state index >= 15 is 0 Å². The smallest absolute Gasteiger partial charge is 0.226 e. The largest absolute Gasteiger partial charge is 0.339 e. The molecule has 3 heteroatoms. The lowest BCUT2D eigenvalue weighted by molar-refractivity contribution is 0.376. The molecule has 11 heavy (non-hydrogen) atoms. The Morgan fingerprint density at radius 3 is 2.82 bits per heavy atom. The summed E-state index contributed by atoms with van der Waals surface area (Å²) < 4.78 is 5.00. The lowest BCUT2D eigenvalue weighted by atomic mass is 10.3. The molecular formula is C8H12N2O. The van der Waals surface area contributed by atoms with Gasteiger partial charge in [-0.3, -0.25) is 0 Å². The lowest BCUT2D eigenvalue weighted by Crippen LogP contribution is -1.84. The maximum absolute atomic E-state index is 5.00. The maximum atomic E-state index is 5.00. The normalized spacial score (nSPS) is 28.9. The van der Waals surface area contributed by atoms with E-state index in [1.54, 1.807) is 0 Å². The molecule has 1 aliphatic rings. The Hall–Kier alpha value is -0.860. The van der Waals surface area contributed by atoms with E-state index in [9.17, 15) is 0 Å². The minimum absolute atomic E-state index is 0.582. The summed E-state index contributed by atoms with van der Waals surface area (Å²) in [6.45, 7) is 4.24. The standard InChI is InChI=1S/C8H12N2O/c1-3-7-9-8(10-11-7)6-4-5(6)2/h5-6H,3-4H2,1-2H3. The van der Waals surface area contributed by atoms with E-state index < -0.39 is 0 Å². The molecule has 3 nitrogen and oxygen atoms in total. The van der Waals surface area contributed by atoms with Crippen LogP contribution >= 0.6 is 0 Å². The number of aryl methyl sites for hydroxylation is 1. The predicted octanol–water partition coefficient (Wildman–Crippen LogP) is 1.76. The first kappa shape index (κ1) is 6.83. The van der Waals surface area contributed by atoms with Gasteiger partial charge in [0, 0.05) is 12.3 Å². The van der Waals surface area contributed by atoms with Crippen LogP contribution in [0.3, 0.4) is 0 Å². The Bertz CT molecular complexity index is 256. The molecule has 2 atom stereocenters. The van der Waals surface area contributed by atoms with Gasteiger partial charge in [0.2, 0.25) is 5.89 Å². The second-order valence-electron chi connectivity index (χ2n) is 3.22. The zero-order chi connectivity index (χ0) is 7.84. The van der Waals surface area contributed by atoms with E-state index in [4.69, 9.17) is 4.52 Å². The average molecular weight is 152 g/mol. The van der Waals surface area contributed by atoms with E-state index in [1.165, 1.54) is 6.42 Å². The van der Waals surface area contributed by atoms with Gasteiger partial charge in [0.05, 0.1) is 0 Å². The van der Waals surface area contributed by atoms with Crippen LogP contribution in [-0.4, -0.2) is 10.1 Å². The summed E-state index contributed by atoms with van der Waals surface area (Å²) in [6, 6.07) is 0. The van der Waals surface area contributed by atoms with Gasteiger partial charge in [-0.05, 0) is 12.3 Å². The zero-order valence-electron chi connectivity index (χ0n) is 6.87. The molecule has 1 heterocycles. The second kappa shape index (κ2) is 2.32. The molecule has 0 aliphatic heterocycles. The third-order valence-corrected chi connectivity index (χ3v) is 2.23. The molecular weight excluding hydrogens is 140 g/mol. The summed E-state index contributed by atoms with van der Waals surface area (Å²) in [5.41, 5.74) is 0. The monoisotopic (exact) mass is 152 g/mol. The van der Waals surface area contributed by atoms with Gasteiger partial charge in [0.1, 0.15) is 0 Å². The highest BCUT2D eigenvalue weighted by atomic mass is 16.5. The Morgan fingerprint density at radius 1 is 1.64 bits per heavy atom. The topological polar surface area (TPSA) is 38.9 Å². The number of hydrogen-bond donors (Lipinski definition) is 0. The minimum Gasteiger partial charge on any atom is -0.339 e. The highest BCUT2D eigenvalue weighted by Gasteiger charge is 2.37. The van der Waals surface area contributed by atoms with Crippen molar-refractivity contribution in [2.24, 2.45) is 5.92 Å². The number of aromatic nitrogens is 2. The third-order valence-electron chi connectivity index (χ3n) is 2.23. The fraction of sp³-hybridized carbons (Fsp3) is 0.750. The molecule has 2 rings (SSSR count). The van der Waals surface area contributed by atoms with E-state index in [0.717, 1.165) is 24.1 Å². The quantitative estimate of drug-likeness (QED) is 0.648. The van der Waals surface area contributed by atoms with Crippen LogP contribution in [0.25, 0.3) is 0 Å². The number of rotatable bonds is 2. The highest BCUT2D eigenvalue weighted by molar-refractivity contribution is 5.07. The van der Waals surface area contributed by atoms with Crippen molar-refractivity contribution < 1.29 is 4.52 Å². The molecule has 0 bridgehead atoms. The summed E-state index contributed by atoms with van der Waals surface area (Å²) in [7, 11) is 0. The van der Waals surface area contributed by atoms with Gasteiger partial charge in [0.15, 0.2) is 5.82 Å². The highest BCUT2D eigenvalue weighted by Crippen LogP contribution is 2.45. The van der Waals surface area contributed by atoms with Gasteiger partial charge < -0.3 is 4.52 Å². The summed E-state index contributed by atoms with van der Waals surface area (Å²) in [6.07, 6.45) is 2.07. The molecule has 60 valence electrons. The first-order chi connectivity index (χ1) is 5.31. The van der Waals surface area contributed by atoms with E-state index in [-0.39, 0.29) is 0 Å². The van der Waals surface area contributed by atoms with Crippen LogP contribution < -0.4 is 0 Å². The molecule has 1 aliphatic carbocycles. The van der Waals surface area contributed by atoms with Crippen LogP contribution in [0, 0.1) is 5.92 Å². The molecule has 0 saturated heterocycles. The van der Waals surface area contributed by atoms with Crippen molar-refractivity contribution in [3.05, 3.63) is 11.7 Å². The van der Waals surface area contributed by atoms with Crippen molar-refractivity contribution in [2.45, 2.75) is 32.6 Å². The zero-order valence-corrected chi connectivity index (χ0v) is 6.87. The van der Waals surface area contributed by atoms with Gasteiger partial charge >= 0.3 is 0 Å². The van der Waals surface area contributed by atoms with E-state index in [1.807, 2.05) is 6.92 Å². The fourth-order valence-electron chi connectivity index (χ4n) is 1.24. The van der Waals surface area contributed by atoms with Crippen LogP contribution in [0.4, 0.5) is 0 Å². The van der Waals surface area contributed by atoms with Crippen LogP contribution in [0.2, 0.25) is 0 Å². The number of hydrogen-bond acceptors (Lipinski definition) is 3.